The molecule has 0 radical (unpaired) electrons. The van der Waals surface area contributed by atoms with Crippen molar-refractivity contribution in [2.45, 2.75) is 102 Å². The van der Waals surface area contributed by atoms with E-state index >= 15 is 0 Å². The molecule has 1 aromatic carbocycles. The van der Waals surface area contributed by atoms with E-state index in [-0.39, 0.29) is 65.7 Å². The molecule has 0 bridgehead atoms. The summed E-state index contributed by atoms with van der Waals surface area (Å²) >= 11 is 0. The molecule has 11 heteroatoms. The number of benzene rings is 1. The molecular weight excluding hydrogens is 486 g/mol. The fourth-order valence-electron chi connectivity index (χ4n) is 3.37. The van der Waals surface area contributed by atoms with E-state index in [1.165, 1.54) is 82.4 Å². The van der Waals surface area contributed by atoms with Crippen LogP contribution in [0.1, 0.15) is 96.8 Å². The summed E-state index contributed by atoms with van der Waals surface area (Å²) < 4.78 is 64.5. The van der Waals surface area contributed by atoms with Crippen LogP contribution in [-0.2, 0) is 24.7 Å². The van der Waals surface area contributed by atoms with Crippen LogP contribution in [-0.4, -0.2) is 87.1 Å². The van der Waals surface area contributed by atoms with Crippen LogP contribution in [0.25, 0.3) is 0 Å². The van der Waals surface area contributed by atoms with Crippen LogP contribution in [0, 0.1) is 0 Å². The Balaban J connectivity index is 0. The predicted octanol–water partition coefficient (Wildman–Crippen LogP) is 4.76. The third-order valence-corrected chi connectivity index (χ3v) is 6.79. The first-order valence-electron chi connectivity index (χ1n) is 11.4. The van der Waals surface area contributed by atoms with E-state index in [0.717, 1.165) is 25.3 Å². The Labute approximate surface area is 245 Å². The zero-order valence-corrected chi connectivity index (χ0v) is 20.3. The Morgan fingerprint density at radius 1 is 0.697 bits per heavy atom. The van der Waals surface area contributed by atoms with Gasteiger partial charge in [0.15, 0.2) is 5.75 Å². The standard InChI is InChI=1S/C22H38O7S2.2Na.2H/c1-2-3-4-5-6-7-8-9-10-11-12-13-14-17-20-28-30(23,24)22-19-16-15-18-21(22)29-31(25,26)27;;;;/h15-16,18-19H,2-14,17,20H2,1H3,(H,25,26,27);;;;. The van der Waals surface area contributed by atoms with Crippen molar-refractivity contribution in [2.75, 3.05) is 6.61 Å². The molecule has 0 spiro atoms. The molecule has 0 saturated carbocycles. The van der Waals surface area contributed by atoms with E-state index in [1.807, 2.05) is 0 Å². The second kappa shape index (κ2) is 21.0. The topological polar surface area (TPSA) is 107 Å². The molecule has 0 atom stereocenters. The van der Waals surface area contributed by atoms with E-state index in [2.05, 4.69) is 11.1 Å². The number of para-hydroxylation sites is 1. The molecular formula is C22H40Na2O7S2. The monoisotopic (exact) mass is 526 g/mol. The molecule has 1 N–H and O–H groups in total. The van der Waals surface area contributed by atoms with Crippen molar-refractivity contribution in [2.24, 2.45) is 0 Å². The molecule has 184 valence electrons. The maximum atomic E-state index is 12.3. The van der Waals surface area contributed by atoms with Gasteiger partial charge in [0.2, 0.25) is 0 Å². The summed E-state index contributed by atoms with van der Waals surface area (Å²) in [5.41, 5.74) is 0. The van der Waals surface area contributed by atoms with Gasteiger partial charge in [0.05, 0.1) is 6.61 Å². The van der Waals surface area contributed by atoms with Gasteiger partial charge in [-0.15, -0.1) is 0 Å². The van der Waals surface area contributed by atoms with Gasteiger partial charge in [-0.3, -0.25) is 8.74 Å². The van der Waals surface area contributed by atoms with Crippen molar-refractivity contribution in [1.29, 1.82) is 0 Å². The van der Waals surface area contributed by atoms with Crippen LogP contribution in [0.3, 0.4) is 0 Å². The van der Waals surface area contributed by atoms with Crippen molar-refractivity contribution in [1.82, 2.24) is 0 Å². The molecule has 0 unspecified atom stereocenters. The van der Waals surface area contributed by atoms with Crippen LogP contribution in [0.15, 0.2) is 29.2 Å². The second-order valence-electron chi connectivity index (χ2n) is 7.83. The van der Waals surface area contributed by atoms with E-state index in [1.54, 1.807) is 0 Å². The van der Waals surface area contributed by atoms with Crippen LogP contribution in [0.4, 0.5) is 0 Å². The first-order valence-corrected chi connectivity index (χ1v) is 14.2. The summed E-state index contributed by atoms with van der Waals surface area (Å²) in [6.45, 7) is 2.25. The van der Waals surface area contributed by atoms with Crippen molar-refractivity contribution in [3.05, 3.63) is 24.3 Å². The second-order valence-corrected chi connectivity index (χ2v) is 10.4. The van der Waals surface area contributed by atoms with Crippen molar-refractivity contribution < 1.29 is 29.8 Å². The third-order valence-electron chi connectivity index (χ3n) is 5.05. The molecule has 0 heterocycles. The summed E-state index contributed by atoms with van der Waals surface area (Å²) in [5.74, 6) is -0.494. The first kappa shape index (κ1) is 36.0. The van der Waals surface area contributed by atoms with Gasteiger partial charge in [-0.2, -0.15) is 16.8 Å². The SMILES string of the molecule is CCCCCCCCCCCCCCCCOS(=O)(=O)c1ccccc1OS(=O)(=O)O.[NaH].[NaH]. The van der Waals surface area contributed by atoms with Crippen LogP contribution >= 0.6 is 0 Å². The molecule has 0 aliphatic heterocycles. The Morgan fingerprint density at radius 2 is 1.12 bits per heavy atom. The van der Waals surface area contributed by atoms with Crippen LogP contribution in [0.2, 0.25) is 0 Å². The Morgan fingerprint density at radius 3 is 1.58 bits per heavy atom. The van der Waals surface area contributed by atoms with Crippen molar-refractivity contribution in [3.63, 3.8) is 0 Å². The molecule has 0 saturated heterocycles. The quantitative estimate of drug-likeness (QED) is 0.120. The van der Waals surface area contributed by atoms with E-state index in [4.69, 9.17) is 8.74 Å². The summed E-state index contributed by atoms with van der Waals surface area (Å²) in [4.78, 5) is -0.432. The van der Waals surface area contributed by atoms with Gasteiger partial charge in [-0.1, -0.05) is 103 Å². The molecule has 33 heavy (non-hydrogen) atoms. The minimum absolute atomic E-state index is 0. The summed E-state index contributed by atoms with van der Waals surface area (Å²) in [6, 6.07) is 5.12. The number of rotatable bonds is 19. The third kappa shape index (κ3) is 18.7. The van der Waals surface area contributed by atoms with E-state index < -0.39 is 31.2 Å². The fraction of sp³-hybridized carbons (Fsp3) is 0.727. The molecule has 0 amide bonds. The van der Waals surface area contributed by atoms with Gasteiger partial charge < -0.3 is 4.18 Å². The molecule has 7 nitrogen and oxygen atoms in total. The zero-order chi connectivity index (χ0) is 23.0. The van der Waals surface area contributed by atoms with Crippen molar-refractivity contribution >= 4 is 79.6 Å². The van der Waals surface area contributed by atoms with Gasteiger partial charge >= 0.3 is 79.6 Å². The summed E-state index contributed by atoms with van der Waals surface area (Å²) in [7, 11) is -9.01. The Kier molecular flexibility index (Phi) is 22.9. The molecule has 0 aromatic heterocycles. The average Bonchev–Trinajstić information content (AvgIpc) is 2.70. The Hall–Kier alpha value is 0.840. The van der Waals surface area contributed by atoms with E-state index in [0.29, 0.717) is 6.42 Å². The molecule has 1 aromatic rings. The summed E-state index contributed by atoms with van der Waals surface area (Å²) in [5, 5.41) is 0. The van der Waals surface area contributed by atoms with Gasteiger partial charge in [-0.05, 0) is 18.6 Å². The fourth-order valence-corrected chi connectivity index (χ4v) is 4.86. The van der Waals surface area contributed by atoms with Gasteiger partial charge in [-0.25, -0.2) is 0 Å². The molecule has 0 fully saturated rings. The maximum absolute atomic E-state index is 12.3. The van der Waals surface area contributed by atoms with Gasteiger partial charge in [0.25, 0.3) is 0 Å². The number of hydrogen-bond acceptors (Lipinski definition) is 6. The van der Waals surface area contributed by atoms with Crippen molar-refractivity contribution in [3.8, 4) is 5.75 Å². The minimum atomic E-state index is -4.83. The number of unbranched alkanes of at least 4 members (excludes halogenated alkanes) is 13. The van der Waals surface area contributed by atoms with Gasteiger partial charge in [0, 0.05) is 0 Å². The normalized spacial score (nSPS) is 11.5. The first-order chi connectivity index (χ1) is 14.8. The molecule has 0 aliphatic carbocycles. The predicted molar refractivity (Wildman–Crippen MR) is 136 cm³/mol. The Bertz CT molecular complexity index is 816. The average molecular weight is 527 g/mol. The molecule has 1 rings (SSSR count). The number of hydrogen-bond donors (Lipinski definition) is 1. The molecule has 0 aliphatic rings. The van der Waals surface area contributed by atoms with Crippen LogP contribution < -0.4 is 4.18 Å². The zero-order valence-electron chi connectivity index (χ0n) is 18.6. The van der Waals surface area contributed by atoms with E-state index in [9.17, 15) is 16.8 Å². The van der Waals surface area contributed by atoms with Crippen LogP contribution in [0.5, 0.6) is 5.75 Å². The van der Waals surface area contributed by atoms with Gasteiger partial charge in [0.1, 0.15) is 4.90 Å². The summed E-state index contributed by atoms with van der Waals surface area (Å²) in [6.07, 6.45) is 16.8.